The van der Waals surface area contributed by atoms with Crippen LogP contribution in [0.25, 0.3) is 0 Å². The molecule has 108 valence electrons. The fourth-order valence-electron chi connectivity index (χ4n) is 2.66. The Labute approximate surface area is 115 Å². The highest BCUT2D eigenvalue weighted by molar-refractivity contribution is 7.89. The molecule has 0 bridgehead atoms. The summed E-state index contributed by atoms with van der Waals surface area (Å²) in [7, 11) is 0.407. The summed E-state index contributed by atoms with van der Waals surface area (Å²) in [6.07, 6.45) is 7.38. The van der Waals surface area contributed by atoms with Crippen LogP contribution >= 0.6 is 0 Å². The Morgan fingerprint density at radius 2 is 2.21 bits per heavy atom. The molecule has 0 aliphatic carbocycles. The number of nitrogens with one attached hydrogen (secondary N) is 1. The third kappa shape index (κ3) is 3.19. The number of aryl methyl sites for hydroxylation is 1. The molecule has 19 heavy (non-hydrogen) atoms. The molecule has 1 aromatic rings. The summed E-state index contributed by atoms with van der Waals surface area (Å²) >= 11 is 0. The van der Waals surface area contributed by atoms with Crippen LogP contribution in [-0.4, -0.2) is 43.5 Å². The molecular weight excluding hydrogens is 262 g/mol. The molecule has 0 spiro atoms. The zero-order valence-corrected chi connectivity index (χ0v) is 12.5. The van der Waals surface area contributed by atoms with Gasteiger partial charge >= 0.3 is 0 Å². The van der Waals surface area contributed by atoms with Gasteiger partial charge in [0.15, 0.2) is 0 Å². The second kappa shape index (κ2) is 6.07. The Balaban J connectivity index is 2.21. The third-order valence-corrected chi connectivity index (χ3v) is 5.65. The summed E-state index contributed by atoms with van der Waals surface area (Å²) < 4.78 is 28.8. The Hall–Kier alpha value is -0.850. The fraction of sp³-hybridized carbons (Fsp3) is 0.692. The van der Waals surface area contributed by atoms with Crippen molar-refractivity contribution in [3.05, 3.63) is 18.5 Å². The first-order valence-corrected chi connectivity index (χ1v) is 8.28. The summed E-state index contributed by atoms with van der Waals surface area (Å²) in [5, 5.41) is 3.11. The maximum atomic E-state index is 12.7. The van der Waals surface area contributed by atoms with Crippen molar-refractivity contribution in [2.24, 2.45) is 7.05 Å². The van der Waals surface area contributed by atoms with Gasteiger partial charge in [0.1, 0.15) is 0 Å². The van der Waals surface area contributed by atoms with E-state index in [2.05, 4.69) is 5.32 Å². The number of aromatic nitrogens is 1. The fourth-order valence-corrected chi connectivity index (χ4v) is 4.43. The lowest BCUT2D eigenvalue weighted by atomic mass is 10.0. The van der Waals surface area contributed by atoms with Crippen LogP contribution in [0.15, 0.2) is 23.4 Å². The van der Waals surface area contributed by atoms with E-state index < -0.39 is 10.0 Å². The van der Waals surface area contributed by atoms with Crippen LogP contribution in [0.4, 0.5) is 0 Å². The molecule has 2 rings (SSSR count). The van der Waals surface area contributed by atoms with E-state index in [0.29, 0.717) is 11.4 Å². The van der Waals surface area contributed by atoms with Gasteiger partial charge in [-0.3, -0.25) is 0 Å². The topological polar surface area (TPSA) is 54.3 Å². The predicted octanol–water partition coefficient (Wildman–Crippen LogP) is 1.18. The quantitative estimate of drug-likeness (QED) is 0.884. The van der Waals surface area contributed by atoms with Crippen LogP contribution < -0.4 is 5.32 Å². The average molecular weight is 285 g/mol. The van der Waals surface area contributed by atoms with Crippen molar-refractivity contribution < 1.29 is 8.42 Å². The Morgan fingerprint density at radius 3 is 2.84 bits per heavy atom. The zero-order valence-electron chi connectivity index (χ0n) is 11.7. The van der Waals surface area contributed by atoms with Gasteiger partial charge in [0, 0.05) is 32.0 Å². The van der Waals surface area contributed by atoms with E-state index in [1.54, 1.807) is 27.3 Å². The number of piperidine rings is 1. The standard InChI is InChI=1S/C13H23N3O2S/c1-14-8-6-12-5-3-4-9-16(12)19(17,18)13-7-10-15(2)11-13/h7,10-12,14H,3-6,8-9H2,1-2H3. The minimum absolute atomic E-state index is 0.131. The molecule has 1 saturated heterocycles. The van der Waals surface area contributed by atoms with Gasteiger partial charge in [-0.15, -0.1) is 0 Å². The number of rotatable bonds is 5. The monoisotopic (exact) mass is 285 g/mol. The molecule has 0 radical (unpaired) electrons. The summed E-state index contributed by atoms with van der Waals surface area (Å²) in [5.41, 5.74) is 0. The predicted molar refractivity (Wildman–Crippen MR) is 75.5 cm³/mol. The van der Waals surface area contributed by atoms with E-state index >= 15 is 0 Å². The Kier molecular flexibility index (Phi) is 4.65. The highest BCUT2D eigenvalue weighted by atomic mass is 32.2. The molecule has 2 heterocycles. The van der Waals surface area contributed by atoms with Gasteiger partial charge in [0.2, 0.25) is 10.0 Å². The maximum absolute atomic E-state index is 12.7. The summed E-state index contributed by atoms with van der Waals surface area (Å²) in [6.45, 7) is 1.50. The van der Waals surface area contributed by atoms with Crippen LogP contribution in [0, 0.1) is 0 Å². The molecule has 6 heteroatoms. The largest absolute Gasteiger partial charge is 0.356 e. The van der Waals surface area contributed by atoms with Crippen molar-refractivity contribution in [2.45, 2.75) is 36.6 Å². The first kappa shape index (κ1) is 14.6. The van der Waals surface area contributed by atoms with Crippen molar-refractivity contribution >= 4 is 10.0 Å². The second-order valence-electron chi connectivity index (χ2n) is 5.17. The molecule has 0 aromatic carbocycles. The van der Waals surface area contributed by atoms with E-state index in [9.17, 15) is 8.42 Å². The number of hydrogen-bond donors (Lipinski definition) is 1. The smallest absolute Gasteiger partial charge is 0.244 e. The van der Waals surface area contributed by atoms with E-state index in [1.165, 1.54) is 0 Å². The third-order valence-electron chi connectivity index (χ3n) is 3.71. The molecule has 1 aliphatic heterocycles. The van der Waals surface area contributed by atoms with E-state index in [0.717, 1.165) is 32.2 Å². The van der Waals surface area contributed by atoms with Crippen LogP contribution in [0.2, 0.25) is 0 Å². The lowest BCUT2D eigenvalue weighted by Gasteiger charge is -2.34. The van der Waals surface area contributed by atoms with Crippen molar-refractivity contribution in [1.82, 2.24) is 14.2 Å². The van der Waals surface area contributed by atoms with Crippen LogP contribution in [-0.2, 0) is 17.1 Å². The summed E-state index contributed by atoms with van der Waals surface area (Å²) in [4.78, 5) is 0.409. The molecule has 1 aliphatic rings. The lowest BCUT2D eigenvalue weighted by Crippen LogP contribution is -2.44. The van der Waals surface area contributed by atoms with Gasteiger partial charge in [0.25, 0.3) is 0 Å². The number of hydrogen-bond acceptors (Lipinski definition) is 3. The average Bonchev–Trinajstić information content (AvgIpc) is 2.84. The molecule has 1 fully saturated rings. The van der Waals surface area contributed by atoms with Crippen LogP contribution in [0.3, 0.4) is 0 Å². The lowest BCUT2D eigenvalue weighted by molar-refractivity contribution is 0.240. The first-order chi connectivity index (χ1) is 9.05. The van der Waals surface area contributed by atoms with Crippen molar-refractivity contribution in [3.63, 3.8) is 0 Å². The summed E-state index contributed by atoms with van der Waals surface area (Å²) in [5.74, 6) is 0. The minimum Gasteiger partial charge on any atom is -0.356 e. The van der Waals surface area contributed by atoms with Crippen LogP contribution in [0.5, 0.6) is 0 Å². The normalized spacial score (nSPS) is 21.7. The Morgan fingerprint density at radius 1 is 1.42 bits per heavy atom. The highest BCUT2D eigenvalue weighted by Gasteiger charge is 2.33. The Bertz CT molecular complexity index is 510. The van der Waals surface area contributed by atoms with Gasteiger partial charge in [-0.2, -0.15) is 4.31 Å². The molecule has 1 unspecified atom stereocenters. The molecule has 1 aromatic heterocycles. The minimum atomic E-state index is -3.34. The molecule has 1 N–H and O–H groups in total. The second-order valence-corrected chi connectivity index (χ2v) is 7.06. The summed E-state index contributed by atoms with van der Waals surface area (Å²) in [6, 6.07) is 1.81. The molecule has 0 amide bonds. The zero-order chi connectivity index (χ0) is 13.9. The molecular formula is C13H23N3O2S. The van der Waals surface area contributed by atoms with Gasteiger partial charge in [-0.25, -0.2) is 8.42 Å². The highest BCUT2D eigenvalue weighted by Crippen LogP contribution is 2.26. The van der Waals surface area contributed by atoms with E-state index in [-0.39, 0.29) is 6.04 Å². The van der Waals surface area contributed by atoms with Crippen LogP contribution in [0.1, 0.15) is 25.7 Å². The van der Waals surface area contributed by atoms with Crippen molar-refractivity contribution in [2.75, 3.05) is 20.1 Å². The van der Waals surface area contributed by atoms with Gasteiger partial charge in [0.05, 0.1) is 4.90 Å². The SMILES string of the molecule is CNCCC1CCCCN1S(=O)(=O)c1ccn(C)c1. The van der Waals surface area contributed by atoms with Gasteiger partial charge in [-0.05, 0) is 38.9 Å². The number of nitrogens with zero attached hydrogens (tertiary/aromatic N) is 2. The maximum Gasteiger partial charge on any atom is 0.244 e. The van der Waals surface area contributed by atoms with E-state index in [1.807, 2.05) is 14.1 Å². The van der Waals surface area contributed by atoms with E-state index in [4.69, 9.17) is 0 Å². The number of sulfonamides is 1. The van der Waals surface area contributed by atoms with Crippen molar-refractivity contribution in [3.8, 4) is 0 Å². The van der Waals surface area contributed by atoms with Crippen molar-refractivity contribution in [1.29, 1.82) is 0 Å². The molecule has 1 atom stereocenters. The van der Waals surface area contributed by atoms with Gasteiger partial charge in [-0.1, -0.05) is 6.42 Å². The van der Waals surface area contributed by atoms with Gasteiger partial charge < -0.3 is 9.88 Å². The molecule has 0 saturated carbocycles. The molecule has 5 nitrogen and oxygen atoms in total. The first-order valence-electron chi connectivity index (χ1n) is 6.84.